The molecular weight excluding hydrogens is 381 g/mol. The number of carboxylic acids is 1. The molecule has 0 unspecified atom stereocenters. The molecule has 1 aromatic carbocycles. The number of benzene rings is 1. The van der Waals surface area contributed by atoms with Crippen molar-refractivity contribution in [1.29, 1.82) is 0 Å². The van der Waals surface area contributed by atoms with Crippen LogP contribution < -0.4 is 4.74 Å². The van der Waals surface area contributed by atoms with Crippen molar-refractivity contribution in [2.24, 2.45) is 0 Å². The van der Waals surface area contributed by atoms with Crippen LogP contribution in [0.2, 0.25) is 0 Å². The third-order valence-electron chi connectivity index (χ3n) is 4.02. The summed E-state index contributed by atoms with van der Waals surface area (Å²) in [5.74, 6) is -1.22. The number of aromatic nitrogens is 1. The van der Waals surface area contributed by atoms with Gasteiger partial charge in [-0.05, 0) is 30.3 Å². The van der Waals surface area contributed by atoms with Gasteiger partial charge in [0.2, 0.25) is 5.88 Å². The number of pyridine rings is 1. The molecule has 1 atom stereocenters. The van der Waals surface area contributed by atoms with Crippen molar-refractivity contribution < 1.29 is 37.3 Å². The number of hydrogen-bond donors (Lipinski definition) is 1. The molecule has 7 nitrogen and oxygen atoms in total. The summed E-state index contributed by atoms with van der Waals surface area (Å²) in [5.41, 5.74) is -0.565. The SMILES string of the molecule is O=C(O)[C@H]1CN(C(=O)c2ccc(Oc3ccc(C(F)(F)F)cn3)cc2)CCO1. The van der Waals surface area contributed by atoms with Gasteiger partial charge in [0.1, 0.15) is 5.75 Å². The number of carboxylic acid groups (broad SMARTS) is 1. The Kier molecular flexibility index (Phi) is 5.50. The second kappa shape index (κ2) is 7.85. The van der Waals surface area contributed by atoms with Gasteiger partial charge in [0, 0.05) is 24.4 Å². The molecule has 0 saturated carbocycles. The lowest BCUT2D eigenvalue weighted by Crippen LogP contribution is -2.48. The van der Waals surface area contributed by atoms with Crippen molar-refractivity contribution in [3.63, 3.8) is 0 Å². The largest absolute Gasteiger partial charge is 0.479 e. The van der Waals surface area contributed by atoms with E-state index < -0.39 is 23.8 Å². The molecule has 0 spiro atoms. The number of amides is 1. The van der Waals surface area contributed by atoms with Gasteiger partial charge in [-0.3, -0.25) is 4.79 Å². The lowest BCUT2D eigenvalue weighted by molar-refractivity contribution is -0.154. The number of rotatable bonds is 4. The molecule has 1 saturated heterocycles. The Bertz CT molecular complexity index is 853. The van der Waals surface area contributed by atoms with Gasteiger partial charge < -0.3 is 19.5 Å². The first-order chi connectivity index (χ1) is 13.2. The molecule has 0 radical (unpaired) electrons. The van der Waals surface area contributed by atoms with Gasteiger partial charge in [0.25, 0.3) is 5.91 Å². The molecule has 1 aliphatic heterocycles. The third-order valence-corrected chi connectivity index (χ3v) is 4.02. The molecule has 28 heavy (non-hydrogen) atoms. The van der Waals surface area contributed by atoms with Crippen LogP contribution in [0, 0.1) is 0 Å². The average molecular weight is 396 g/mol. The summed E-state index contributed by atoms with van der Waals surface area (Å²) in [6.07, 6.45) is -4.87. The Hall–Kier alpha value is -3.14. The lowest BCUT2D eigenvalue weighted by atomic mass is 10.1. The molecule has 3 rings (SSSR count). The highest BCUT2D eigenvalue weighted by atomic mass is 19.4. The standard InChI is InChI=1S/C18H15F3N2O5/c19-18(20,21)12-3-6-15(22-9-12)28-13-4-1-11(2-5-13)16(24)23-7-8-27-14(10-23)17(25)26/h1-6,9,14H,7-8,10H2,(H,25,26)/t14-/m1/s1. The molecule has 1 aromatic heterocycles. The van der Waals surface area contributed by atoms with Gasteiger partial charge in [0.05, 0.1) is 18.7 Å². The zero-order valence-corrected chi connectivity index (χ0v) is 14.3. The fourth-order valence-corrected chi connectivity index (χ4v) is 2.56. The number of nitrogens with zero attached hydrogens (tertiary/aromatic N) is 2. The van der Waals surface area contributed by atoms with E-state index in [9.17, 15) is 22.8 Å². The van der Waals surface area contributed by atoms with E-state index in [4.69, 9.17) is 14.6 Å². The van der Waals surface area contributed by atoms with Crippen LogP contribution in [-0.2, 0) is 15.7 Å². The van der Waals surface area contributed by atoms with E-state index >= 15 is 0 Å². The maximum absolute atomic E-state index is 12.5. The first-order valence-corrected chi connectivity index (χ1v) is 8.19. The Morgan fingerprint density at radius 3 is 2.46 bits per heavy atom. The predicted octanol–water partition coefficient (Wildman–Crippen LogP) is 2.82. The maximum Gasteiger partial charge on any atom is 0.417 e. The Morgan fingerprint density at radius 2 is 1.89 bits per heavy atom. The molecule has 1 fully saturated rings. The highest BCUT2D eigenvalue weighted by molar-refractivity contribution is 5.94. The van der Waals surface area contributed by atoms with Gasteiger partial charge in [-0.25, -0.2) is 9.78 Å². The topological polar surface area (TPSA) is 89.0 Å². The summed E-state index contributed by atoms with van der Waals surface area (Å²) in [6, 6.07) is 7.86. The van der Waals surface area contributed by atoms with Crippen LogP contribution >= 0.6 is 0 Å². The van der Waals surface area contributed by atoms with Crippen LogP contribution in [0.3, 0.4) is 0 Å². The highest BCUT2D eigenvalue weighted by Gasteiger charge is 2.31. The summed E-state index contributed by atoms with van der Waals surface area (Å²) in [5, 5.41) is 9.00. The molecule has 1 N–H and O–H groups in total. The van der Waals surface area contributed by atoms with Crippen LogP contribution in [0.25, 0.3) is 0 Å². The minimum Gasteiger partial charge on any atom is -0.479 e. The molecule has 148 valence electrons. The van der Waals surface area contributed by atoms with Crippen LogP contribution in [0.15, 0.2) is 42.6 Å². The van der Waals surface area contributed by atoms with Gasteiger partial charge in [-0.1, -0.05) is 0 Å². The molecule has 2 aromatic rings. The molecule has 1 amide bonds. The third kappa shape index (κ3) is 4.58. The molecular formula is C18H15F3N2O5. The summed E-state index contributed by atoms with van der Waals surface area (Å²) in [7, 11) is 0. The van der Waals surface area contributed by atoms with Crippen molar-refractivity contribution in [2.75, 3.05) is 19.7 Å². The van der Waals surface area contributed by atoms with Crippen LogP contribution in [0.5, 0.6) is 11.6 Å². The maximum atomic E-state index is 12.5. The number of morpholine rings is 1. The van der Waals surface area contributed by atoms with Crippen molar-refractivity contribution >= 4 is 11.9 Å². The number of ether oxygens (including phenoxy) is 2. The number of hydrogen-bond acceptors (Lipinski definition) is 5. The van der Waals surface area contributed by atoms with E-state index in [0.29, 0.717) is 11.8 Å². The van der Waals surface area contributed by atoms with Crippen molar-refractivity contribution in [2.45, 2.75) is 12.3 Å². The highest BCUT2D eigenvalue weighted by Crippen LogP contribution is 2.30. The Labute approximate surface area is 157 Å². The smallest absolute Gasteiger partial charge is 0.417 e. The monoisotopic (exact) mass is 396 g/mol. The molecule has 0 bridgehead atoms. The summed E-state index contributed by atoms with van der Waals surface area (Å²) < 4.78 is 48.0. The molecule has 2 heterocycles. The first-order valence-electron chi connectivity index (χ1n) is 8.19. The summed E-state index contributed by atoms with van der Waals surface area (Å²) in [6.45, 7) is 0.349. The number of halogens is 3. The fourth-order valence-electron chi connectivity index (χ4n) is 2.56. The van der Waals surface area contributed by atoms with Gasteiger partial charge in [-0.2, -0.15) is 13.2 Å². The van der Waals surface area contributed by atoms with Crippen molar-refractivity contribution in [1.82, 2.24) is 9.88 Å². The van der Waals surface area contributed by atoms with E-state index in [0.717, 1.165) is 12.1 Å². The Morgan fingerprint density at radius 1 is 1.18 bits per heavy atom. The van der Waals surface area contributed by atoms with E-state index in [1.165, 1.54) is 29.2 Å². The number of carbonyl (C=O) groups is 2. The minimum atomic E-state index is -4.48. The summed E-state index contributed by atoms with van der Waals surface area (Å²) >= 11 is 0. The second-order valence-corrected chi connectivity index (χ2v) is 5.96. The molecule has 1 aliphatic rings. The van der Waals surface area contributed by atoms with E-state index in [1.807, 2.05) is 0 Å². The first kappa shape index (κ1) is 19.6. The zero-order chi connectivity index (χ0) is 20.3. The van der Waals surface area contributed by atoms with Crippen LogP contribution in [0.1, 0.15) is 15.9 Å². The van der Waals surface area contributed by atoms with E-state index in [2.05, 4.69) is 4.98 Å². The molecule has 10 heteroatoms. The fraction of sp³-hybridized carbons (Fsp3) is 0.278. The quantitative estimate of drug-likeness (QED) is 0.855. The Balaban J connectivity index is 1.64. The van der Waals surface area contributed by atoms with Crippen molar-refractivity contribution in [3.05, 3.63) is 53.7 Å². The van der Waals surface area contributed by atoms with Crippen LogP contribution in [-0.4, -0.2) is 52.7 Å². The second-order valence-electron chi connectivity index (χ2n) is 5.96. The average Bonchev–Trinajstić information content (AvgIpc) is 2.68. The van der Waals surface area contributed by atoms with Crippen molar-refractivity contribution in [3.8, 4) is 11.6 Å². The van der Waals surface area contributed by atoms with Gasteiger partial charge in [-0.15, -0.1) is 0 Å². The van der Waals surface area contributed by atoms with E-state index in [-0.39, 0.29) is 37.2 Å². The molecule has 0 aliphatic carbocycles. The lowest BCUT2D eigenvalue weighted by Gasteiger charge is -2.30. The number of alkyl halides is 3. The number of carbonyl (C=O) groups excluding carboxylic acids is 1. The van der Waals surface area contributed by atoms with Crippen LogP contribution in [0.4, 0.5) is 13.2 Å². The minimum absolute atomic E-state index is 0.0236. The normalized spacial score (nSPS) is 17.2. The van der Waals surface area contributed by atoms with Gasteiger partial charge >= 0.3 is 12.1 Å². The van der Waals surface area contributed by atoms with Gasteiger partial charge in [0.15, 0.2) is 6.10 Å². The summed E-state index contributed by atoms with van der Waals surface area (Å²) in [4.78, 5) is 28.5. The zero-order valence-electron chi connectivity index (χ0n) is 14.3. The van der Waals surface area contributed by atoms with E-state index in [1.54, 1.807) is 0 Å². The number of aliphatic carboxylic acids is 1. The predicted molar refractivity (Wildman–Crippen MR) is 89.0 cm³/mol.